The summed E-state index contributed by atoms with van der Waals surface area (Å²) in [6.45, 7) is 7.64. The normalized spacial score (nSPS) is 13.5. The first-order valence-electron chi connectivity index (χ1n) is 4.29. The largest absolute Gasteiger partial charge is 0.258 e. The maximum absolute atomic E-state index is 3.22. The average molecular weight is 144 g/mol. The third kappa shape index (κ3) is 6.05. The molecule has 0 aromatic carbocycles. The van der Waals surface area contributed by atoms with Crippen LogP contribution >= 0.6 is 0 Å². The van der Waals surface area contributed by atoms with Crippen LogP contribution in [-0.2, 0) is 0 Å². The molecule has 10 heavy (non-hydrogen) atoms. The summed E-state index contributed by atoms with van der Waals surface area (Å²) < 4.78 is 0. The minimum absolute atomic E-state index is 0.594. The Hall–Kier alpha value is -0.0800. The Morgan fingerprint density at radius 1 is 1.30 bits per heavy atom. The van der Waals surface area contributed by atoms with Gasteiger partial charge in [-0.05, 0) is 19.8 Å². The second-order valence-corrected chi connectivity index (χ2v) is 2.73. The molecule has 0 heterocycles. The molecule has 0 aliphatic carbocycles. The van der Waals surface area contributed by atoms with Gasteiger partial charge in [0.05, 0.1) is 0 Å². The predicted octanol–water partition coefficient (Wildman–Crippen LogP) is 1.68. The molecular weight excluding hydrogens is 124 g/mol. The van der Waals surface area contributed by atoms with Crippen molar-refractivity contribution in [2.75, 3.05) is 6.54 Å². The molecule has 0 fully saturated rings. The van der Waals surface area contributed by atoms with Gasteiger partial charge >= 0.3 is 0 Å². The lowest BCUT2D eigenvalue weighted by atomic mass is 10.3. The van der Waals surface area contributed by atoms with Crippen molar-refractivity contribution in [2.24, 2.45) is 0 Å². The van der Waals surface area contributed by atoms with Crippen molar-refractivity contribution < 1.29 is 0 Å². The van der Waals surface area contributed by atoms with Crippen LogP contribution in [0, 0.1) is 0 Å². The molecule has 1 unspecified atom stereocenters. The molecule has 0 aliphatic heterocycles. The van der Waals surface area contributed by atoms with Crippen LogP contribution in [0.25, 0.3) is 0 Å². The highest BCUT2D eigenvalue weighted by Gasteiger charge is 1.93. The van der Waals surface area contributed by atoms with E-state index in [0.29, 0.717) is 6.04 Å². The van der Waals surface area contributed by atoms with E-state index in [1.165, 1.54) is 19.3 Å². The SMILES string of the molecule is CCCCNNC(C)CC. The monoisotopic (exact) mass is 144 g/mol. The number of hydrazine groups is 1. The van der Waals surface area contributed by atoms with Crippen molar-refractivity contribution in [2.45, 2.75) is 46.1 Å². The van der Waals surface area contributed by atoms with E-state index in [9.17, 15) is 0 Å². The Bertz CT molecular complexity index is 64.3. The number of unbranched alkanes of at least 4 members (excludes halogenated alkanes) is 1. The smallest absolute Gasteiger partial charge is 0.0182 e. The quantitative estimate of drug-likeness (QED) is 0.438. The summed E-state index contributed by atoms with van der Waals surface area (Å²) in [5, 5.41) is 0. The predicted molar refractivity (Wildman–Crippen MR) is 45.8 cm³/mol. The molecular formula is C8H20N2. The molecule has 62 valence electrons. The fourth-order valence-corrected chi connectivity index (χ4v) is 0.614. The van der Waals surface area contributed by atoms with Gasteiger partial charge in [0, 0.05) is 12.6 Å². The van der Waals surface area contributed by atoms with E-state index in [2.05, 4.69) is 31.6 Å². The van der Waals surface area contributed by atoms with E-state index in [1.54, 1.807) is 0 Å². The fraction of sp³-hybridized carbons (Fsp3) is 1.00. The summed E-state index contributed by atoms with van der Waals surface area (Å²) in [6.07, 6.45) is 3.69. The summed E-state index contributed by atoms with van der Waals surface area (Å²) in [6, 6.07) is 0.594. The van der Waals surface area contributed by atoms with E-state index in [0.717, 1.165) is 6.54 Å². The lowest BCUT2D eigenvalue weighted by Crippen LogP contribution is -2.39. The standard InChI is InChI=1S/C8H20N2/c1-4-6-7-9-10-8(3)5-2/h8-10H,4-7H2,1-3H3. The van der Waals surface area contributed by atoms with E-state index >= 15 is 0 Å². The molecule has 0 spiro atoms. The summed E-state index contributed by atoms with van der Waals surface area (Å²) in [7, 11) is 0. The molecule has 0 saturated carbocycles. The number of rotatable bonds is 6. The first kappa shape index (κ1) is 9.92. The van der Waals surface area contributed by atoms with Crippen LogP contribution in [0.4, 0.5) is 0 Å². The Morgan fingerprint density at radius 3 is 2.50 bits per heavy atom. The summed E-state index contributed by atoms with van der Waals surface area (Å²) in [5.41, 5.74) is 6.40. The first-order valence-corrected chi connectivity index (χ1v) is 4.29. The molecule has 0 saturated heterocycles. The van der Waals surface area contributed by atoms with Crippen molar-refractivity contribution in [1.82, 2.24) is 10.9 Å². The average Bonchev–Trinajstić information content (AvgIpc) is 1.98. The molecule has 0 aromatic heterocycles. The van der Waals surface area contributed by atoms with Crippen LogP contribution in [-0.4, -0.2) is 12.6 Å². The third-order valence-electron chi connectivity index (χ3n) is 1.62. The zero-order valence-corrected chi connectivity index (χ0v) is 7.41. The summed E-state index contributed by atoms with van der Waals surface area (Å²) in [5.74, 6) is 0. The Labute approximate surface area is 64.4 Å². The fourth-order valence-electron chi connectivity index (χ4n) is 0.614. The number of hydrogen-bond acceptors (Lipinski definition) is 2. The van der Waals surface area contributed by atoms with Gasteiger partial charge in [-0.3, -0.25) is 10.9 Å². The molecule has 2 nitrogen and oxygen atoms in total. The van der Waals surface area contributed by atoms with Crippen molar-refractivity contribution in [1.29, 1.82) is 0 Å². The minimum atomic E-state index is 0.594. The molecule has 0 radical (unpaired) electrons. The van der Waals surface area contributed by atoms with Crippen molar-refractivity contribution in [3.63, 3.8) is 0 Å². The van der Waals surface area contributed by atoms with E-state index in [-0.39, 0.29) is 0 Å². The van der Waals surface area contributed by atoms with Crippen molar-refractivity contribution in [3.05, 3.63) is 0 Å². The van der Waals surface area contributed by atoms with E-state index in [1.807, 2.05) is 0 Å². The number of hydrogen-bond donors (Lipinski definition) is 2. The molecule has 0 aliphatic rings. The van der Waals surface area contributed by atoms with Crippen LogP contribution in [0.15, 0.2) is 0 Å². The lowest BCUT2D eigenvalue weighted by Gasteiger charge is -2.11. The second kappa shape index (κ2) is 7.03. The Balaban J connectivity index is 2.89. The maximum atomic E-state index is 3.22. The van der Waals surface area contributed by atoms with Crippen LogP contribution in [0.3, 0.4) is 0 Å². The zero-order valence-electron chi connectivity index (χ0n) is 7.41. The van der Waals surface area contributed by atoms with Gasteiger partial charge in [-0.25, -0.2) is 0 Å². The van der Waals surface area contributed by atoms with Gasteiger partial charge in [-0.2, -0.15) is 0 Å². The van der Waals surface area contributed by atoms with Gasteiger partial charge in [-0.1, -0.05) is 20.3 Å². The molecule has 2 heteroatoms. The topological polar surface area (TPSA) is 24.1 Å². The molecule has 0 bridgehead atoms. The zero-order chi connectivity index (χ0) is 7.82. The lowest BCUT2D eigenvalue weighted by molar-refractivity contribution is 0.436. The molecule has 0 amide bonds. The maximum Gasteiger partial charge on any atom is 0.0182 e. The highest BCUT2D eigenvalue weighted by molar-refractivity contribution is 4.52. The van der Waals surface area contributed by atoms with Crippen LogP contribution in [0.2, 0.25) is 0 Å². The molecule has 0 aromatic rings. The summed E-state index contributed by atoms with van der Waals surface area (Å²) in [4.78, 5) is 0. The van der Waals surface area contributed by atoms with Crippen LogP contribution < -0.4 is 10.9 Å². The van der Waals surface area contributed by atoms with E-state index in [4.69, 9.17) is 0 Å². The van der Waals surface area contributed by atoms with Crippen LogP contribution in [0.5, 0.6) is 0 Å². The molecule has 0 rings (SSSR count). The van der Waals surface area contributed by atoms with Gasteiger partial charge in [0.25, 0.3) is 0 Å². The summed E-state index contributed by atoms with van der Waals surface area (Å²) >= 11 is 0. The third-order valence-corrected chi connectivity index (χ3v) is 1.62. The van der Waals surface area contributed by atoms with Gasteiger partial charge in [0.1, 0.15) is 0 Å². The van der Waals surface area contributed by atoms with Crippen molar-refractivity contribution >= 4 is 0 Å². The highest BCUT2D eigenvalue weighted by Crippen LogP contribution is 1.85. The van der Waals surface area contributed by atoms with Crippen LogP contribution in [0.1, 0.15) is 40.0 Å². The van der Waals surface area contributed by atoms with Crippen molar-refractivity contribution in [3.8, 4) is 0 Å². The highest BCUT2D eigenvalue weighted by atomic mass is 15.4. The minimum Gasteiger partial charge on any atom is -0.258 e. The number of nitrogens with one attached hydrogen (secondary N) is 2. The molecule has 2 N–H and O–H groups in total. The Kier molecular flexibility index (Phi) is 6.98. The van der Waals surface area contributed by atoms with Gasteiger partial charge in [0.15, 0.2) is 0 Å². The van der Waals surface area contributed by atoms with Gasteiger partial charge < -0.3 is 0 Å². The molecule has 1 atom stereocenters. The van der Waals surface area contributed by atoms with E-state index < -0.39 is 0 Å². The first-order chi connectivity index (χ1) is 4.81. The second-order valence-electron chi connectivity index (χ2n) is 2.73. The van der Waals surface area contributed by atoms with Gasteiger partial charge in [0.2, 0.25) is 0 Å². The Morgan fingerprint density at radius 2 is 2.00 bits per heavy atom. The van der Waals surface area contributed by atoms with Gasteiger partial charge in [-0.15, -0.1) is 0 Å².